The minimum absolute atomic E-state index is 0.0614. The van der Waals surface area contributed by atoms with Gasteiger partial charge in [-0.1, -0.05) is 13.3 Å². The summed E-state index contributed by atoms with van der Waals surface area (Å²) in [7, 11) is -27.5. The molecule has 0 saturated carbocycles. The molecule has 0 unspecified atom stereocenters. The molecule has 27 heteroatoms. The van der Waals surface area contributed by atoms with Gasteiger partial charge in [0.2, 0.25) is 10.0 Å². The highest BCUT2D eigenvalue weighted by Gasteiger charge is 2.83. The Kier molecular flexibility index (Phi) is 10.6. The van der Waals surface area contributed by atoms with Crippen molar-refractivity contribution >= 4 is 40.1 Å². The Hall–Kier alpha value is -1.16. The summed E-state index contributed by atoms with van der Waals surface area (Å²) in [5.41, 5.74) is 0. The summed E-state index contributed by atoms with van der Waals surface area (Å²) < 4.78 is 256. The van der Waals surface area contributed by atoms with Gasteiger partial charge in [0.1, 0.15) is 0 Å². The minimum Gasteiger partial charge on any atom is -0.212 e. The molecular weight excluding hydrogens is 670 g/mol. The third-order valence-corrected chi connectivity index (χ3v) is 10.1. The van der Waals surface area contributed by atoms with E-state index in [1.165, 1.54) is 6.92 Å². The molecule has 39 heavy (non-hydrogen) atoms. The fraction of sp³-hybridized carbons (Fsp3) is 1.00. The molecule has 0 amide bonds. The first kappa shape index (κ1) is 37.8. The normalized spacial score (nSPS) is 15.9. The van der Waals surface area contributed by atoms with E-state index in [1.54, 1.807) is 0 Å². The van der Waals surface area contributed by atoms with Crippen LogP contribution < -0.4 is 13.6 Å². The van der Waals surface area contributed by atoms with E-state index in [2.05, 4.69) is 0 Å². The van der Waals surface area contributed by atoms with Gasteiger partial charge in [0, 0.05) is 6.54 Å². The van der Waals surface area contributed by atoms with Crippen molar-refractivity contribution in [3.05, 3.63) is 0 Å². The van der Waals surface area contributed by atoms with Crippen LogP contribution in [0.5, 0.6) is 0 Å². The zero-order valence-electron chi connectivity index (χ0n) is 18.8. The van der Waals surface area contributed by atoms with Gasteiger partial charge in [0.15, 0.2) is 0 Å². The maximum absolute atomic E-state index is 13.9. The fourth-order valence-corrected chi connectivity index (χ4v) is 6.64. The summed E-state index contributed by atoms with van der Waals surface area (Å²) in [6.45, 7) is -3.42. The molecule has 0 aliphatic rings. The number of alkyl halides is 12. The van der Waals surface area contributed by atoms with Crippen LogP contribution in [0.3, 0.4) is 0 Å². The number of halogens is 12. The molecule has 0 atom stereocenters. The zero-order valence-corrected chi connectivity index (χ0v) is 22.0. The number of sulfonamides is 4. The highest BCUT2D eigenvalue weighted by molar-refractivity contribution is 8.05. The van der Waals surface area contributed by atoms with Crippen LogP contribution >= 0.6 is 0 Å². The Bertz CT molecular complexity index is 1330. The van der Waals surface area contributed by atoms with Crippen molar-refractivity contribution < 1.29 is 86.4 Å². The lowest BCUT2D eigenvalue weighted by molar-refractivity contribution is -0.276. The van der Waals surface area contributed by atoms with Crippen molar-refractivity contribution in [3.63, 3.8) is 0 Å². The van der Waals surface area contributed by atoms with Crippen LogP contribution in [0.15, 0.2) is 0 Å². The second kappa shape index (κ2) is 10.9. The number of nitrogens with one attached hydrogen (secondary N) is 3. The average Bonchev–Trinajstić information content (AvgIpc) is 2.69. The maximum Gasteiger partial charge on any atom is 0.429 e. The van der Waals surface area contributed by atoms with Gasteiger partial charge in [0.05, 0.1) is 12.8 Å². The quantitative estimate of drug-likeness (QED) is 0.160. The van der Waals surface area contributed by atoms with Gasteiger partial charge < -0.3 is 0 Å². The standard InChI is InChI=1S/C12H17F12N3O8S4/c1-3-4-5-25-37(30,31)10(19,20)8(15,16)7(13,14)6-26-38(32,33)11(21,22)9(17,18)12(23,24)39(34,35)27-36(2,28)29/h25-27H,3-6H2,1-2H3. The molecule has 236 valence electrons. The summed E-state index contributed by atoms with van der Waals surface area (Å²) >= 11 is 0. The van der Waals surface area contributed by atoms with Crippen LogP contribution in [-0.2, 0) is 40.1 Å². The van der Waals surface area contributed by atoms with Crippen LogP contribution in [0.4, 0.5) is 52.7 Å². The molecule has 0 aliphatic heterocycles. The van der Waals surface area contributed by atoms with Crippen LogP contribution in [0, 0.1) is 0 Å². The maximum atomic E-state index is 13.9. The Morgan fingerprint density at radius 1 is 0.564 bits per heavy atom. The van der Waals surface area contributed by atoms with Gasteiger partial charge in [-0.3, -0.25) is 0 Å². The van der Waals surface area contributed by atoms with E-state index in [0.29, 0.717) is 0 Å². The lowest BCUT2D eigenvalue weighted by Gasteiger charge is -2.34. The van der Waals surface area contributed by atoms with Gasteiger partial charge in [-0.2, -0.15) is 52.7 Å². The van der Waals surface area contributed by atoms with E-state index in [-0.39, 0.29) is 23.2 Å². The van der Waals surface area contributed by atoms with E-state index in [0.717, 1.165) is 4.72 Å². The van der Waals surface area contributed by atoms with Gasteiger partial charge in [-0.05, 0) is 6.42 Å². The highest BCUT2D eigenvalue weighted by atomic mass is 32.3. The van der Waals surface area contributed by atoms with Gasteiger partial charge in [0.25, 0.3) is 30.1 Å². The lowest BCUT2D eigenvalue weighted by atomic mass is 10.2. The third kappa shape index (κ3) is 6.84. The second-order valence-electron chi connectivity index (χ2n) is 7.34. The van der Waals surface area contributed by atoms with E-state index >= 15 is 0 Å². The van der Waals surface area contributed by atoms with E-state index in [1.807, 2.05) is 0 Å². The highest BCUT2D eigenvalue weighted by Crippen LogP contribution is 2.51. The molecule has 3 N–H and O–H groups in total. The first-order valence-electron chi connectivity index (χ1n) is 9.21. The van der Waals surface area contributed by atoms with Crippen LogP contribution in [0.2, 0.25) is 0 Å². The van der Waals surface area contributed by atoms with Crippen molar-refractivity contribution in [2.75, 3.05) is 19.3 Å². The SMILES string of the molecule is CCCCNS(=O)(=O)C(F)(F)C(F)(F)C(F)(F)CNS(=O)(=O)C(F)(F)C(F)(F)C(F)(F)S(=O)(=O)NS(C)(=O)=O. The lowest BCUT2D eigenvalue weighted by Crippen LogP contribution is -2.66. The van der Waals surface area contributed by atoms with E-state index in [9.17, 15) is 86.4 Å². The predicted octanol–water partition coefficient (Wildman–Crippen LogP) is 1.19. The topological polar surface area (TPSA) is 173 Å². The largest absolute Gasteiger partial charge is 0.429 e. The van der Waals surface area contributed by atoms with Crippen LogP contribution in [0.1, 0.15) is 19.8 Å². The van der Waals surface area contributed by atoms with Crippen molar-refractivity contribution in [1.29, 1.82) is 0 Å². The summed E-state index contributed by atoms with van der Waals surface area (Å²) in [5.74, 6) is -21.7. The molecule has 11 nitrogen and oxygen atoms in total. The second-order valence-corrected chi connectivity index (χ2v) is 14.7. The molecule has 0 radical (unpaired) electrons. The number of hydrogen-bond acceptors (Lipinski definition) is 8. The van der Waals surface area contributed by atoms with E-state index in [4.69, 9.17) is 0 Å². The van der Waals surface area contributed by atoms with Gasteiger partial charge >= 0.3 is 33.5 Å². The molecule has 0 spiro atoms. The Labute approximate surface area is 212 Å². The zero-order chi connectivity index (χ0) is 31.9. The first-order valence-corrected chi connectivity index (χ1v) is 15.5. The Morgan fingerprint density at radius 3 is 1.31 bits per heavy atom. The number of unbranched alkanes of at least 4 members (excludes halogenated alkanes) is 1. The van der Waals surface area contributed by atoms with Crippen molar-refractivity contribution in [1.82, 2.24) is 13.6 Å². The molecule has 0 bridgehead atoms. The Balaban J connectivity index is 6.37. The monoisotopic (exact) mass is 687 g/mol. The Morgan fingerprint density at radius 2 is 0.923 bits per heavy atom. The fourth-order valence-electron chi connectivity index (χ4n) is 2.00. The van der Waals surface area contributed by atoms with Gasteiger partial charge in [-0.15, -0.1) is 4.13 Å². The minimum atomic E-state index is -7.87. The van der Waals surface area contributed by atoms with Crippen molar-refractivity contribution in [2.24, 2.45) is 0 Å². The molecule has 0 fully saturated rings. The molecular formula is C12H17F12N3O8S4. The summed E-state index contributed by atoms with van der Waals surface area (Å²) in [5, 5.41) is -21.8. The predicted molar refractivity (Wildman–Crippen MR) is 105 cm³/mol. The summed E-state index contributed by atoms with van der Waals surface area (Å²) in [4.78, 5) is 0. The third-order valence-electron chi connectivity index (χ3n) is 4.14. The van der Waals surface area contributed by atoms with Crippen molar-refractivity contribution in [3.8, 4) is 0 Å². The van der Waals surface area contributed by atoms with Crippen LogP contribution in [-0.4, -0.2) is 86.5 Å². The molecule has 0 aromatic rings. The smallest absolute Gasteiger partial charge is 0.212 e. The molecule has 0 rings (SSSR count). The van der Waals surface area contributed by atoms with Gasteiger partial charge in [-0.25, -0.2) is 43.1 Å². The molecule has 0 saturated heterocycles. The molecule has 0 aromatic carbocycles. The first-order chi connectivity index (χ1) is 16.7. The average molecular weight is 688 g/mol. The summed E-state index contributed by atoms with van der Waals surface area (Å²) in [6, 6.07) is 0. The number of hydrogen-bond donors (Lipinski definition) is 3. The number of rotatable bonds is 16. The van der Waals surface area contributed by atoms with Crippen molar-refractivity contribution in [2.45, 2.75) is 53.3 Å². The summed E-state index contributed by atoms with van der Waals surface area (Å²) in [6.07, 6.45) is -0.501. The van der Waals surface area contributed by atoms with Crippen LogP contribution in [0.25, 0.3) is 0 Å². The molecule has 0 aromatic heterocycles. The molecule has 0 heterocycles. The molecule has 0 aliphatic carbocycles. The van der Waals surface area contributed by atoms with E-state index < -0.39 is 91.4 Å².